The zero-order valence-corrected chi connectivity index (χ0v) is 16.6. The van der Waals surface area contributed by atoms with Gasteiger partial charge in [0.15, 0.2) is 11.5 Å². The van der Waals surface area contributed by atoms with Crippen LogP contribution in [0.5, 0.6) is 17.2 Å². The summed E-state index contributed by atoms with van der Waals surface area (Å²) in [6.07, 6.45) is 1.66. The van der Waals surface area contributed by atoms with Gasteiger partial charge in [0.2, 0.25) is 10.6 Å². The lowest BCUT2D eigenvalue weighted by molar-refractivity contribution is 0.340. The number of ether oxygens (including phenoxy) is 2. The Balaban J connectivity index is 2.05. The van der Waals surface area contributed by atoms with Crippen molar-refractivity contribution in [3.8, 4) is 28.5 Å². The molecule has 6 nitrogen and oxygen atoms in total. The molecule has 140 valence electrons. The van der Waals surface area contributed by atoms with Crippen molar-refractivity contribution in [1.29, 1.82) is 0 Å². The van der Waals surface area contributed by atoms with Crippen molar-refractivity contribution in [2.45, 2.75) is 0 Å². The van der Waals surface area contributed by atoms with Gasteiger partial charge >= 0.3 is 0 Å². The number of phenolic OH excluding ortho intramolecular Hbond substituents is 1. The third kappa shape index (κ3) is 3.99. The van der Waals surface area contributed by atoms with Crippen molar-refractivity contribution in [2.75, 3.05) is 21.3 Å². The zero-order valence-electron chi connectivity index (χ0n) is 15.0. The molecule has 0 unspecified atom stereocenters. The van der Waals surface area contributed by atoms with Crippen LogP contribution in [0.4, 0.5) is 0 Å². The number of nitrogens with zero attached hydrogens (tertiary/aromatic N) is 3. The van der Waals surface area contributed by atoms with Crippen LogP contribution >= 0.6 is 22.9 Å². The minimum atomic E-state index is -0.0496. The number of hydrogen-bond donors (Lipinski definition) is 1. The van der Waals surface area contributed by atoms with Crippen LogP contribution < -0.4 is 14.3 Å². The average molecular weight is 404 g/mol. The van der Waals surface area contributed by atoms with Crippen LogP contribution in [-0.2, 0) is 0 Å². The smallest absolute Gasteiger partial charge is 0.205 e. The van der Waals surface area contributed by atoms with Gasteiger partial charge in [0.05, 0.1) is 26.1 Å². The molecule has 1 N–H and O–H groups in total. The van der Waals surface area contributed by atoms with Gasteiger partial charge in [0.1, 0.15) is 0 Å². The molecule has 0 spiro atoms. The quantitative estimate of drug-likeness (QED) is 0.654. The highest BCUT2D eigenvalue weighted by atomic mass is 35.5. The summed E-state index contributed by atoms with van der Waals surface area (Å²) in [7, 11) is 4.68. The third-order valence-corrected chi connectivity index (χ3v) is 5.00. The lowest BCUT2D eigenvalue weighted by atomic mass is 10.2. The second-order valence-corrected chi connectivity index (χ2v) is 6.74. The minimum Gasteiger partial charge on any atom is -0.502 e. The molecule has 8 heteroatoms. The first-order chi connectivity index (χ1) is 13.1. The fourth-order valence-electron chi connectivity index (χ4n) is 2.49. The van der Waals surface area contributed by atoms with Crippen LogP contribution in [0.15, 0.2) is 51.9 Å². The normalized spacial score (nSPS) is 11.9. The van der Waals surface area contributed by atoms with E-state index in [2.05, 4.69) is 10.1 Å². The number of halogens is 1. The molecule has 0 radical (unpaired) electrons. The Morgan fingerprint density at radius 1 is 1.11 bits per heavy atom. The molecule has 27 heavy (non-hydrogen) atoms. The molecule has 0 bridgehead atoms. The molecule has 0 saturated heterocycles. The van der Waals surface area contributed by atoms with Crippen LogP contribution in [0.3, 0.4) is 0 Å². The maximum absolute atomic E-state index is 10.0. The zero-order chi connectivity index (χ0) is 19.4. The second-order valence-electron chi connectivity index (χ2n) is 5.46. The van der Waals surface area contributed by atoms with Crippen molar-refractivity contribution in [2.24, 2.45) is 10.1 Å². The van der Waals surface area contributed by atoms with E-state index in [9.17, 15) is 5.11 Å². The average Bonchev–Trinajstić information content (AvgIpc) is 3.10. The molecule has 0 aliphatic rings. The summed E-state index contributed by atoms with van der Waals surface area (Å²) in [5.41, 5.74) is 2.58. The monoisotopic (exact) mass is 403 g/mol. The SMILES string of the molecule is CN=c1scc(-c2ccc(Cl)cc2)n1/N=C/c1cc(OC)c(O)c(OC)c1. The minimum absolute atomic E-state index is 0.0496. The molecule has 0 fully saturated rings. The van der Waals surface area contributed by atoms with Gasteiger partial charge < -0.3 is 14.6 Å². The summed E-state index contributed by atoms with van der Waals surface area (Å²) in [6, 6.07) is 10.9. The van der Waals surface area contributed by atoms with Crippen LogP contribution in [0.2, 0.25) is 5.02 Å². The van der Waals surface area contributed by atoms with Crippen LogP contribution in [-0.4, -0.2) is 37.3 Å². The van der Waals surface area contributed by atoms with Gasteiger partial charge in [-0.2, -0.15) is 5.10 Å². The highest BCUT2D eigenvalue weighted by molar-refractivity contribution is 7.07. The second kappa shape index (κ2) is 8.28. The molecule has 0 atom stereocenters. The maximum Gasteiger partial charge on any atom is 0.205 e. The van der Waals surface area contributed by atoms with E-state index >= 15 is 0 Å². The lowest BCUT2D eigenvalue weighted by Gasteiger charge is -2.09. The lowest BCUT2D eigenvalue weighted by Crippen LogP contribution is -2.11. The summed E-state index contributed by atoms with van der Waals surface area (Å²) >= 11 is 7.47. The molecule has 0 aliphatic heterocycles. The molecule has 0 saturated carbocycles. The summed E-state index contributed by atoms with van der Waals surface area (Å²) in [6.45, 7) is 0. The van der Waals surface area contributed by atoms with E-state index in [1.807, 2.05) is 29.6 Å². The molecule has 0 amide bonds. The summed E-state index contributed by atoms with van der Waals surface area (Å²) in [4.78, 5) is 5.02. The van der Waals surface area contributed by atoms with E-state index in [0.29, 0.717) is 22.1 Å². The molecule has 3 rings (SSSR count). The Bertz CT molecular complexity index is 1010. The molecular formula is C19H18ClN3O3S. The van der Waals surface area contributed by atoms with E-state index in [1.54, 1.807) is 30.1 Å². The fourth-order valence-corrected chi connectivity index (χ4v) is 3.42. The Morgan fingerprint density at radius 3 is 2.30 bits per heavy atom. The molecule has 2 aromatic carbocycles. The predicted octanol–water partition coefficient (Wildman–Crippen LogP) is 4.01. The maximum atomic E-state index is 10.0. The van der Waals surface area contributed by atoms with Crippen LogP contribution in [0.1, 0.15) is 5.56 Å². The first-order valence-corrected chi connectivity index (χ1v) is 9.21. The first kappa shape index (κ1) is 19.0. The van der Waals surface area contributed by atoms with E-state index in [0.717, 1.165) is 16.1 Å². The van der Waals surface area contributed by atoms with E-state index in [-0.39, 0.29) is 5.75 Å². The van der Waals surface area contributed by atoms with E-state index in [4.69, 9.17) is 21.1 Å². The number of benzene rings is 2. The van der Waals surface area contributed by atoms with Gasteiger partial charge in [0, 0.05) is 28.6 Å². The number of aromatic nitrogens is 1. The highest BCUT2D eigenvalue weighted by Gasteiger charge is 2.11. The first-order valence-electron chi connectivity index (χ1n) is 7.96. The van der Waals surface area contributed by atoms with Gasteiger partial charge in [-0.15, -0.1) is 11.3 Å². The van der Waals surface area contributed by atoms with Gasteiger partial charge in [0.25, 0.3) is 0 Å². The van der Waals surface area contributed by atoms with Gasteiger partial charge in [-0.25, -0.2) is 4.68 Å². The standard InChI is InChI=1S/C19H18ClN3O3S/c1-21-19-23(15(11-27-19)13-4-6-14(20)7-5-13)22-10-12-8-16(25-2)18(24)17(9-12)26-3/h4-11,24H,1-3H3/b21-19?,22-10+. The number of aromatic hydroxyl groups is 1. The largest absolute Gasteiger partial charge is 0.502 e. The topological polar surface area (TPSA) is 68.3 Å². The summed E-state index contributed by atoms with van der Waals surface area (Å²) in [5.74, 6) is 0.570. The molecule has 0 aliphatic carbocycles. The molecule has 1 heterocycles. The highest BCUT2D eigenvalue weighted by Crippen LogP contribution is 2.36. The Hall–Kier alpha value is -2.77. The van der Waals surface area contributed by atoms with Crippen molar-refractivity contribution in [3.05, 3.63) is 57.2 Å². The van der Waals surface area contributed by atoms with Crippen molar-refractivity contribution >= 4 is 29.2 Å². The van der Waals surface area contributed by atoms with Gasteiger partial charge in [-0.05, 0) is 24.3 Å². The summed E-state index contributed by atoms with van der Waals surface area (Å²) in [5, 5.41) is 17.3. The van der Waals surface area contributed by atoms with Crippen molar-refractivity contribution in [1.82, 2.24) is 4.68 Å². The van der Waals surface area contributed by atoms with Crippen LogP contribution in [0, 0.1) is 0 Å². The number of phenols is 1. The van der Waals surface area contributed by atoms with Gasteiger partial charge in [-0.1, -0.05) is 23.7 Å². The Labute approximate surface area is 165 Å². The van der Waals surface area contributed by atoms with Crippen molar-refractivity contribution in [3.63, 3.8) is 0 Å². The molecule has 3 aromatic rings. The Morgan fingerprint density at radius 2 is 1.74 bits per heavy atom. The third-order valence-electron chi connectivity index (χ3n) is 3.84. The predicted molar refractivity (Wildman–Crippen MR) is 108 cm³/mol. The molecule has 1 aromatic heterocycles. The summed E-state index contributed by atoms with van der Waals surface area (Å²) < 4.78 is 12.1. The number of methoxy groups -OCH3 is 2. The van der Waals surface area contributed by atoms with Crippen LogP contribution in [0.25, 0.3) is 11.3 Å². The van der Waals surface area contributed by atoms with E-state index in [1.165, 1.54) is 25.6 Å². The van der Waals surface area contributed by atoms with Gasteiger partial charge in [-0.3, -0.25) is 4.99 Å². The van der Waals surface area contributed by atoms with Crippen molar-refractivity contribution < 1.29 is 14.6 Å². The number of hydrogen-bond acceptors (Lipinski definition) is 6. The number of rotatable bonds is 5. The Kier molecular flexibility index (Phi) is 5.83. The molecular weight excluding hydrogens is 386 g/mol. The number of thiazole rings is 1. The fraction of sp³-hybridized carbons (Fsp3) is 0.158. The van der Waals surface area contributed by atoms with E-state index < -0.39 is 0 Å².